The molecule has 5 atom stereocenters. The molecule has 0 aliphatic rings. The number of hydrogen-bond acceptors (Lipinski definition) is 15. The van der Waals surface area contributed by atoms with Crippen molar-refractivity contribution in [1.82, 2.24) is 0 Å². The van der Waals surface area contributed by atoms with Crippen molar-refractivity contribution >= 4 is 37.3 Å². The molecule has 0 unspecified atom stereocenters. The fourth-order valence-corrected chi connectivity index (χ4v) is 2.19. The minimum atomic E-state index is -1.05. The van der Waals surface area contributed by atoms with Crippen LogP contribution in [0, 0.1) is 29.6 Å². The summed E-state index contributed by atoms with van der Waals surface area (Å²) in [6.45, 7) is 19.9. The molecular weight excluding hydrogens is 570 g/mol. The highest BCUT2D eigenvalue weighted by Crippen LogP contribution is 2.14. The molecule has 15 heteroatoms. The first-order valence-electron chi connectivity index (χ1n) is 13.8. The van der Waals surface area contributed by atoms with E-state index < -0.39 is 48.1 Å². The summed E-state index contributed by atoms with van der Waals surface area (Å²) in [6.07, 6.45) is -1.72. The van der Waals surface area contributed by atoms with Gasteiger partial charge in [0.2, 0.25) is 19.4 Å². The predicted octanol–water partition coefficient (Wildman–Crippen LogP) is 1.37. The maximum absolute atomic E-state index is 11.4. The summed E-state index contributed by atoms with van der Waals surface area (Å²) < 4.78 is 28.0. The van der Waals surface area contributed by atoms with Crippen molar-refractivity contribution in [1.29, 1.82) is 0 Å². The number of hydrogen-bond donors (Lipinski definition) is 3. The Hall–Kier alpha value is -3.30. The lowest BCUT2D eigenvalue weighted by Gasteiger charge is -2.25. The molecule has 0 saturated carbocycles. The quantitative estimate of drug-likeness (QED) is 0.0682. The van der Waals surface area contributed by atoms with Gasteiger partial charge in [-0.1, -0.05) is 69.2 Å². The van der Waals surface area contributed by atoms with Gasteiger partial charge in [0.15, 0.2) is 0 Å². The molecule has 0 aliphatic carbocycles. The highest BCUT2D eigenvalue weighted by Gasteiger charge is 2.33. The van der Waals surface area contributed by atoms with Crippen LogP contribution in [0.2, 0.25) is 0 Å². The summed E-state index contributed by atoms with van der Waals surface area (Å²) in [6, 6.07) is -1.39. The van der Waals surface area contributed by atoms with Crippen LogP contribution in [-0.2, 0) is 57.2 Å². The van der Waals surface area contributed by atoms with Crippen molar-refractivity contribution in [3.8, 4) is 0 Å². The molecule has 252 valence electrons. The van der Waals surface area contributed by atoms with Gasteiger partial charge in [0.1, 0.15) is 17.6 Å². The highest BCUT2D eigenvalue weighted by molar-refractivity contribution is 5.80. The van der Waals surface area contributed by atoms with Crippen LogP contribution in [0.5, 0.6) is 0 Å². The maximum atomic E-state index is 11.4. The molecule has 0 saturated heterocycles. The Balaban J connectivity index is -0.000000560. The Labute approximate surface area is 254 Å². The van der Waals surface area contributed by atoms with E-state index in [4.69, 9.17) is 26.7 Å². The minimum absolute atomic E-state index is 0.0125. The molecular formula is C28H53N3O12. The summed E-state index contributed by atoms with van der Waals surface area (Å²) in [7, 11) is 0. The smallest absolute Gasteiger partial charge is 0.328 e. The van der Waals surface area contributed by atoms with Gasteiger partial charge in [-0.3, -0.25) is 24.0 Å². The van der Waals surface area contributed by atoms with E-state index in [-0.39, 0.29) is 55.8 Å². The Morgan fingerprint density at radius 2 is 1.00 bits per heavy atom. The van der Waals surface area contributed by atoms with Crippen molar-refractivity contribution < 1.29 is 57.2 Å². The third-order valence-corrected chi connectivity index (χ3v) is 5.88. The topological polar surface area (TPSA) is 236 Å². The zero-order valence-corrected chi connectivity index (χ0v) is 27.3. The number of carbonyl (C=O) groups is 6. The van der Waals surface area contributed by atoms with Crippen molar-refractivity contribution in [3.63, 3.8) is 0 Å². The molecule has 43 heavy (non-hydrogen) atoms. The van der Waals surface area contributed by atoms with E-state index in [1.165, 1.54) is 0 Å². The molecule has 0 aromatic rings. The molecule has 0 bridgehead atoms. The first-order valence-corrected chi connectivity index (χ1v) is 13.8. The van der Waals surface area contributed by atoms with Crippen LogP contribution in [0.1, 0.15) is 76.2 Å². The summed E-state index contributed by atoms with van der Waals surface area (Å²) >= 11 is 0. The molecule has 0 fully saturated rings. The maximum Gasteiger partial charge on any atom is 0.328 e. The van der Waals surface area contributed by atoms with Crippen LogP contribution < -0.4 is 17.2 Å². The monoisotopic (exact) mass is 623 g/mol. The number of nitrogens with two attached hydrogens (primary N) is 3. The van der Waals surface area contributed by atoms with Gasteiger partial charge in [0.25, 0.3) is 19.4 Å². The van der Waals surface area contributed by atoms with E-state index in [0.29, 0.717) is 0 Å². The zero-order chi connectivity index (χ0) is 34.5. The predicted molar refractivity (Wildman–Crippen MR) is 155 cm³/mol. The molecule has 0 aromatic heterocycles. The number of esters is 3. The number of carbonyl (C=O) groups excluding carboxylic acids is 6. The lowest BCUT2D eigenvalue weighted by Crippen LogP contribution is -2.50. The van der Waals surface area contributed by atoms with Crippen molar-refractivity contribution in [3.05, 3.63) is 0 Å². The van der Waals surface area contributed by atoms with E-state index in [0.717, 1.165) is 0 Å². The molecule has 15 nitrogen and oxygen atoms in total. The third-order valence-electron chi connectivity index (χ3n) is 5.88. The number of ether oxygens (including phenoxy) is 6. The van der Waals surface area contributed by atoms with Gasteiger partial charge in [-0.25, -0.2) is 4.79 Å². The SMILES string of the molecule is CC(C)[C@@H](OC=O)OC(=O)[C@@H](N)C(C)C.CC(C)[C@H](OC=O)OC(=O)[C@@H](N)C(C)C.CC(C)[C@](C)(N)C(=O)OCOC=O. The van der Waals surface area contributed by atoms with Crippen molar-refractivity contribution in [2.24, 2.45) is 46.8 Å². The minimum Gasteiger partial charge on any atom is -0.430 e. The lowest BCUT2D eigenvalue weighted by atomic mass is 9.90. The summed E-state index contributed by atoms with van der Waals surface area (Å²) in [4.78, 5) is 64.1. The van der Waals surface area contributed by atoms with E-state index >= 15 is 0 Å². The average Bonchev–Trinajstić information content (AvgIpc) is 2.91. The molecule has 6 N–H and O–H groups in total. The van der Waals surface area contributed by atoms with Gasteiger partial charge in [0, 0.05) is 11.8 Å². The summed E-state index contributed by atoms with van der Waals surface area (Å²) in [5, 5.41) is 0. The molecule has 0 radical (unpaired) electrons. The van der Waals surface area contributed by atoms with Gasteiger partial charge in [0.05, 0.1) is 0 Å². The van der Waals surface area contributed by atoms with Crippen LogP contribution in [-0.4, -0.2) is 74.3 Å². The van der Waals surface area contributed by atoms with Gasteiger partial charge in [-0.05, 0) is 24.7 Å². The second-order valence-electron chi connectivity index (χ2n) is 11.4. The normalized spacial score (nSPS) is 14.9. The standard InChI is InChI=1S/2C10H19NO4.C8H15NO4/c2*1-6(2)8(11)9(13)15-10(7(3)4)14-5-12;1-6(2)8(3,9)7(11)13-5-12-4-10/h2*5-8,10H,11H2,1-4H3;4,6H,5,9H2,1-3H3/t8-,10+;8-,10-;8-/m000/s1. The second kappa shape index (κ2) is 23.2. The Morgan fingerprint density at radius 3 is 1.23 bits per heavy atom. The first-order chi connectivity index (χ1) is 19.7. The third kappa shape index (κ3) is 19.5. The van der Waals surface area contributed by atoms with Gasteiger partial charge in [-0.15, -0.1) is 0 Å². The Morgan fingerprint density at radius 1 is 0.651 bits per heavy atom. The molecule has 0 amide bonds. The van der Waals surface area contributed by atoms with Crippen molar-refractivity contribution in [2.75, 3.05) is 6.79 Å². The summed E-state index contributed by atoms with van der Waals surface area (Å²) in [5.41, 5.74) is 15.8. The molecule has 0 aliphatic heterocycles. The van der Waals surface area contributed by atoms with Crippen LogP contribution in [0.15, 0.2) is 0 Å². The fourth-order valence-electron chi connectivity index (χ4n) is 2.19. The van der Waals surface area contributed by atoms with Crippen molar-refractivity contribution in [2.45, 2.75) is 106 Å². The first kappa shape index (κ1) is 44.1. The molecule has 0 heterocycles. The van der Waals surface area contributed by atoms with Gasteiger partial charge >= 0.3 is 17.9 Å². The molecule has 0 spiro atoms. The average molecular weight is 624 g/mol. The Kier molecular flexibility index (Phi) is 23.8. The van der Waals surface area contributed by atoms with Gasteiger partial charge in [-0.2, -0.15) is 0 Å². The molecule has 0 aromatic carbocycles. The van der Waals surface area contributed by atoms with E-state index in [2.05, 4.69) is 18.9 Å². The van der Waals surface area contributed by atoms with E-state index in [1.807, 2.05) is 41.5 Å². The van der Waals surface area contributed by atoms with Crippen LogP contribution in [0.3, 0.4) is 0 Å². The molecule has 0 rings (SSSR count). The lowest BCUT2D eigenvalue weighted by molar-refractivity contribution is -0.190. The Bertz CT molecular complexity index is 786. The van der Waals surface area contributed by atoms with Gasteiger partial charge < -0.3 is 45.6 Å². The van der Waals surface area contributed by atoms with Crippen LogP contribution in [0.4, 0.5) is 0 Å². The second-order valence-corrected chi connectivity index (χ2v) is 11.4. The number of rotatable bonds is 17. The van der Waals surface area contributed by atoms with E-state index in [9.17, 15) is 28.8 Å². The van der Waals surface area contributed by atoms with Crippen LogP contribution in [0.25, 0.3) is 0 Å². The van der Waals surface area contributed by atoms with Crippen LogP contribution >= 0.6 is 0 Å². The zero-order valence-electron chi connectivity index (χ0n) is 27.3. The largest absolute Gasteiger partial charge is 0.430 e. The fraction of sp³-hybridized carbons (Fsp3) is 0.786. The summed E-state index contributed by atoms with van der Waals surface area (Å²) in [5.74, 6) is -1.95. The van der Waals surface area contributed by atoms with E-state index in [1.54, 1.807) is 34.6 Å². The highest BCUT2D eigenvalue weighted by atomic mass is 16.7.